The maximum Gasteiger partial charge on any atom is 0.171 e. The number of nitrogens with one attached hydrogen (secondary N) is 2. The molecule has 0 aliphatic rings. The van der Waals surface area contributed by atoms with Crippen molar-refractivity contribution in [3.8, 4) is 0 Å². The van der Waals surface area contributed by atoms with E-state index in [-0.39, 0.29) is 11.5 Å². The Morgan fingerprint density at radius 3 is 2.13 bits per heavy atom. The molecule has 3 rings (SSSR count). The van der Waals surface area contributed by atoms with Crippen molar-refractivity contribution in [3.63, 3.8) is 0 Å². The Bertz CT molecular complexity index is 943. The van der Waals surface area contributed by atoms with Crippen molar-refractivity contribution < 1.29 is 0 Å². The molecule has 3 aromatic carbocycles. The predicted molar refractivity (Wildman–Crippen MR) is 135 cm³/mol. The van der Waals surface area contributed by atoms with Crippen LogP contribution in [0.25, 0.3) is 0 Å². The molecule has 0 saturated carbocycles. The molecule has 0 heterocycles. The first-order valence-corrected chi connectivity index (χ1v) is 11.7. The van der Waals surface area contributed by atoms with Gasteiger partial charge in [-0.15, -0.1) is 11.8 Å². The summed E-state index contributed by atoms with van der Waals surface area (Å²) in [5, 5.41) is 7.31. The van der Waals surface area contributed by atoms with E-state index in [1.54, 1.807) is 0 Å². The summed E-state index contributed by atoms with van der Waals surface area (Å²) in [5.41, 5.74) is 5.01. The SMILES string of the molecule is C[C@@H](NC(=S)Nc1ccc(CSc2ccccc2)cc1)c1ccc(C(C)(C)C)cc1. The molecular weight excluding hydrogens is 404 g/mol. The molecule has 0 fully saturated rings. The van der Waals surface area contributed by atoms with E-state index in [1.807, 2.05) is 17.8 Å². The van der Waals surface area contributed by atoms with Gasteiger partial charge in [0.2, 0.25) is 0 Å². The average molecular weight is 435 g/mol. The zero-order valence-corrected chi connectivity index (χ0v) is 19.7. The summed E-state index contributed by atoms with van der Waals surface area (Å²) in [6, 6.07) is 27.8. The number of rotatable bonds is 6. The molecule has 0 radical (unpaired) electrons. The Hall–Kier alpha value is -2.30. The maximum absolute atomic E-state index is 5.52. The van der Waals surface area contributed by atoms with Crippen molar-refractivity contribution in [1.29, 1.82) is 0 Å². The van der Waals surface area contributed by atoms with Crippen LogP contribution in [-0.4, -0.2) is 5.11 Å². The Morgan fingerprint density at radius 1 is 0.900 bits per heavy atom. The zero-order valence-electron chi connectivity index (χ0n) is 18.1. The summed E-state index contributed by atoms with van der Waals surface area (Å²) >= 11 is 7.36. The first-order valence-electron chi connectivity index (χ1n) is 10.3. The molecule has 3 aromatic rings. The van der Waals surface area contributed by atoms with E-state index in [1.165, 1.54) is 21.6 Å². The summed E-state index contributed by atoms with van der Waals surface area (Å²) in [6.45, 7) is 8.82. The Morgan fingerprint density at radius 2 is 1.53 bits per heavy atom. The first-order chi connectivity index (χ1) is 14.3. The normalized spacial score (nSPS) is 12.3. The van der Waals surface area contributed by atoms with Gasteiger partial charge in [0, 0.05) is 16.3 Å². The van der Waals surface area contributed by atoms with Crippen LogP contribution >= 0.6 is 24.0 Å². The summed E-state index contributed by atoms with van der Waals surface area (Å²) in [7, 11) is 0. The number of benzene rings is 3. The molecule has 2 N–H and O–H groups in total. The van der Waals surface area contributed by atoms with Gasteiger partial charge in [-0.1, -0.05) is 75.4 Å². The molecule has 156 valence electrons. The van der Waals surface area contributed by atoms with Crippen LogP contribution in [-0.2, 0) is 11.2 Å². The van der Waals surface area contributed by atoms with Gasteiger partial charge in [-0.2, -0.15) is 0 Å². The standard InChI is InChI=1S/C26H30N2S2/c1-19(21-12-14-22(15-13-21)26(2,3)4)27-25(29)28-23-16-10-20(11-17-23)18-30-24-8-6-5-7-9-24/h5-17,19H,18H2,1-4H3,(H2,27,28,29)/t19-/m1/s1. The fraction of sp³-hybridized carbons (Fsp3) is 0.269. The zero-order chi connectivity index (χ0) is 21.6. The molecule has 4 heteroatoms. The molecule has 0 saturated heterocycles. The van der Waals surface area contributed by atoms with Crippen LogP contribution < -0.4 is 10.6 Å². The van der Waals surface area contributed by atoms with Gasteiger partial charge in [-0.3, -0.25) is 0 Å². The smallest absolute Gasteiger partial charge is 0.171 e. The van der Waals surface area contributed by atoms with E-state index >= 15 is 0 Å². The van der Waals surface area contributed by atoms with Gasteiger partial charge in [0.05, 0.1) is 6.04 Å². The topological polar surface area (TPSA) is 24.1 Å². The third kappa shape index (κ3) is 6.61. The van der Waals surface area contributed by atoms with Crippen LogP contribution in [0.3, 0.4) is 0 Å². The average Bonchev–Trinajstić information content (AvgIpc) is 2.73. The molecule has 0 spiro atoms. The number of hydrogen-bond donors (Lipinski definition) is 2. The van der Waals surface area contributed by atoms with Gasteiger partial charge in [0.25, 0.3) is 0 Å². The summed E-state index contributed by atoms with van der Waals surface area (Å²) in [5.74, 6) is 0.953. The van der Waals surface area contributed by atoms with Crippen LogP contribution in [0.15, 0.2) is 83.8 Å². The lowest BCUT2D eigenvalue weighted by Crippen LogP contribution is -2.30. The highest BCUT2D eigenvalue weighted by Crippen LogP contribution is 2.25. The Balaban J connectivity index is 1.50. The van der Waals surface area contributed by atoms with Gasteiger partial charge in [0.1, 0.15) is 0 Å². The maximum atomic E-state index is 5.52. The minimum absolute atomic E-state index is 0.139. The largest absolute Gasteiger partial charge is 0.356 e. The van der Waals surface area contributed by atoms with Crippen molar-refractivity contribution in [1.82, 2.24) is 5.32 Å². The van der Waals surface area contributed by atoms with Crippen molar-refractivity contribution >= 4 is 34.8 Å². The molecule has 0 bridgehead atoms. The second-order valence-corrected chi connectivity index (χ2v) is 9.95. The van der Waals surface area contributed by atoms with Crippen LogP contribution in [0.5, 0.6) is 0 Å². The van der Waals surface area contributed by atoms with Crippen LogP contribution in [0.1, 0.15) is 50.4 Å². The van der Waals surface area contributed by atoms with Crippen molar-refractivity contribution in [2.75, 3.05) is 5.32 Å². The molecule has 30 heavy (non-hydrogen) atoms. The van der Waals surface area contributed by atoms with E-state index in [0.717, 1.165) is 11.4 Å². The Labute approximate surface area is 190 Å². The molecule has 0 aliphatic heterocycles. The molecule has 2 nitrogen and oxygen atoms in total. The first kappa shape index (κ1) is 22.4. The molecule has 0 aromatic heterocycles. The third-order valence-corrected chi connectivity index (χ3v) is 6.29. The van der Waals surface area contributed by atoms with Crippen molar-refractivity contribution in [3.05, 3.63) is 95.6 Å². The molecule has 1 atom stereocenters. The Kier molecular flexibility index (Phi) is 7.57. The van der Waals surface area contributed by atoms with Crippen LogP contribution in [0.2, 0.25) is 0 Å². The summed E-state index contributed by atoms with van der Waals surface area (Å²) in [6.07, 6.45) is 0. The minimum Gasteiger partial charge on any atom is -0.356 e. The van der Waals surface area contributed by atoms with E-state index in [0.29, 0.717) is 5.11 Å². The van der Waals surface area contributed by atoms with Gasteiger partial charge >= 0.3 is 0 Å². The van der Waals surface area contributed by atoms with E-state index in [4.69, 9.17) is 12.2 Å². The second kappa shape index (κ2) is 10.1. The highest BCUT2D eigenvalue weighted by molar-refractivity contribution is 7.98. The lowest BCUT2D eigenvalue weighted by Gasteiger charge is -2.21. The highest BCUT2D eigenvalue weighted by Gasteiger charge is 2.14. The van der Waals surface area contributed by atoms with Gasteiger partial charge < -0.3 is 10.6 Å². The lowest BCUT2D eigenvalue weighted by atomic mass is 9.86. The monoisotopic (exact) mass is 434 g/mol. The number of thioether (sulfide) groups is 1. The van der Waals surface area contributed by atoms with Gasteiger partial charge in [-0.25, -0.2) is 0 Å². The van der Waals surface area contributed by atoms with Crippen LogP contribution in [0.4, 0.5) is 5.69 Å². The fourth-order valence-corrected chi connectivity index (χ4v) is 4.26. The van der Waals surface area contributed by atoms with E-state index < -0.39 is 0 Å². The van der Waals surface area contributed by atoms with Crippen molar-refractivity contribution in [2.45, 2.75) is 49.8 Å². The fourth-order valence-electron chi connectivity index (χ4n) is 3.09. The number of anilines is 1. The molecule has 0 amide bonds. The number of hydrogen-bond acceptors (Lipinski definition) is 2. The van der Waals surface area contributed by atoms with E-state index in [2.05, 4.69) is 111 Å². The van der Waals surface area contributed by atoms with Gasteiger partial charge in [-0.05, 0) is 65.5 Å². The molecule has 0 aliphatic carbocycles. The highest BCUT2D eigenvalue weighted by atomic mass is 32.2. The third-order valence-electron chi connectivity index (χ3n) is 4.98. The molecule has 0 unspecified atom stereocenters. The second-order valence-electron chi connectivity index (χ2n) is 8.49. The number of thiocarbonyl (C=S) groups is 1. The molecular formula is C26H30N2S2. The minimum atomic E-state index is 0.139. The summed E-state index contributed by atoms with van der Waals surface area (Å²) < 4.78 is 0. The van der Waals surface area contributed by atoms with Crippen LogP contribution in [0, 0.1) is 0 Å². The van der Waals surface area contributed by atoms with Gasteiger partial charge in [0.15, 0.2) is 5.11 Å². The quantitative estimate of drug-likeness (QED) is 0.313. The van der Waals surface area contributed by atoms with Crippen molar-refractivity contribution in [2.24, 2.45) is 0 Å². The lowest BCUT2D eigenvalue weighted by molar-refractivity contribution is 0.589. The van der Waals surface area contributed by atoms with E-state index in [9.17, 15) is 0 Å². The summed E-state index contributed by atoms with van der Waals surface area (Å²) in [4.78, 5) is 1.29. The predicted octanol–water partition coefficient (Wildman–Crippen LogP) is 7.32.